The fourth-order valence-corrected chi connectivity index (χ4v) is 1.64. The number of carbonyl (C=O) groups excluding carboxylic acids is 1. The van der Waals surface area contributed by atoms with Gasteiger partial charge in [-0.2, -0.15) is 13.2 Å². The Morgan fingerprint density at radius 3 is 2.33 bits per heavy atom. The second-order valence-electron chi connectivity index (χ2n) is 4.49. The molecule has 0 aliphatic rings. The van der Waals surface area contributed by atoms with Gasteiger partial charge in [-0.3, -0.25) is 0 Å². The second-order valence-corrected chi connectivity index (χ2v) is 4.49. The number of hydrogen-bond acceptors (Lipinski definition) is 3. The van der Waals surface area contributed by atoms with E-state index in [1.807, 2.05) is 0 Å². The van der Waals surface area contributed by atoms with Crippen LogP contribution in [0.5, 0.6) is 0 Å². The van der Waals surface area contributed by atoms with Crippen LogP contribution in [-0.2, 0) is 0 Å². The number of amides is 2. The number of nitrogens with zero attached hydrogens (tertiary/aromatic N) is 1. The van der Waals surface area contributed by atoms with Gasteiger partial charge in [-0.1, -0.05) is 12.1 Å². The number of urea groups is 1. The zero-order chi connectivity index (χ0) is 16.0. The molecule has 1 aromatic carbocycles. The van der Waals surface area contributed by atoms with Crippen LogP contribution >= 0.6 is 0 Å². The fourth-order valence-electron chi connectivity index (χ4n) is 1.64. The van der Waals surface area contributed by atoms with E-state index in [9.17, 15) is 23.1 Å². The summed E-state index contributed by atoms with van der Waals surface area (Å²) in [6.07, 6.45) is -5.21. The Kier molecular flexibility index (Phi) is 5.98. The summed E-state index contributed by atoms with van der Waals surface area (Å²) in [7, 11) is 0. The van der Waals surface area contributed by atoms with Crippen molar-refractivity contribution in [2.24, 2.45) is 0 Å². The quantitative estimate of drug-likeness (QED) is 0.780. The third kappa shape index (κ3) is 6.01. The minimum absolute atomic E-state index is 0.300. The van der Waals surface area contributed by atoms with Crippen LogP contribution in [0.25, 0.3) is 0 Å². The first kappa shape index (κ1) is 17.3. The molecule has 0 bridgehead atoms. The minimum Gasteiger partial charge on any atom is -0.395 e. The Hall–Kier alpha value is -1.80. The number of carbonyl (C=O) groups is 1. The van der Waals surface area contributed by atoms with E-state index in [1.54, 1.807) is 19.1 Å². The summed E-state index contributed by atoms with van der Waals surface area (Å²) in [5.41, 5.74) is 0.921. The Morgan fingerprint density at radius 2 is 1.90 bits per heavy atom. The molecule has 5 nitrogen and oxygen atoms in total. The van der Waals surface area contributed by atoms with Crippen molar-refractivity contribution in [3.05, 3.63) is 29.8 Å². The number of nitrogens with one attached hydrogen (secondary N) is 1. The number of halogens is 3. The van der Waals surface area contributed by atoms with E-state index in [-0.39, 0.29) is 0 Å². The maximum absolute atomic E-state index is 12.3. The standard InChI is InChI=1S/C13H17F3N2O3/c1-9(20)10-2-4-11(5-3-10)17-12(21)18(6-7-19)8-13(14,15)16/h2-5,9,19-20H,6-8H2,1H3,(H,17,21). The van der Waals surface area contributed by atoms with Crippen LogP contribution < -0.4 is 5.32 Å². The molecular weight excluding hydrogens is 289 g/mol. The molecule has 0 spiro atoms. The molecule has 1 rings (SSSR count). The van der Waals surface area contributed by atoms with Crippen molar-refractivity contribution in [3.8, 4) is 0 Å². The maximum atomic E-state index is 12.3. The molecule has 0 saturated heterocycles. The SMILES string of the molecule is CC(O)c1ccc(NC(=O)N(CCO)CC(F)(F)F)cc1. The van der Waals surface area contributed by atoms with Gasteiger partial charge in [-0.25, -0.2) is 4.79 Å². The molecule has 0 fully saturated rings. The van der Waals surface area contributed by atoms with Gasteiger partial charge in [-0.05, 0) is 24.6 Å². The lowest BCUT2D eigenvalue weighted by Crippen LogP contribution is -2.43. The second kappa shape index (κ2) is 7.28. The van der Waals surface area contributed by atoms with Gasteiger partial charge in [0.15, 0.2) is 0 Å². The normalized spacial score (nSPS) is 12.9. The van der Waals surface area contributed by atoms with Gasteiger partial charge in [-0.15, -0.1) is 0 Å². The summed E-state index contributed by atoms with van der Waals surface area (Å²) < 4.78 is 37.0. The monoisotopic (exact) mass is 306 g/mol. The van der Waals surface area contributed by atoms with E-state index >= 15 is 0 Å². The van der Waals surface area contributed by atoms with Gasteiger partial charge in [0.2, 0.25) is 0 Å². The molecule has 2 amide bonds. The molecule has 0 aliphatic carbocycles. The van der Waals surface area contributed by atoms with Gasteiger partial charge in [0.25, 0.3) is 0 Å². The summed E-state index contributed by atoms with van der Waals surface area (Å²) in [5.74, 6) is 0. The van der Waals surface area contributed by atoms with Crippen molar-refractivity contribution < 1.29 is 28.2 Å². The lowest BCUT2D eigenvalue weighted by molar-refractivity contribution is -0.140. The van der Waals surface area contributed by atoms with Crippen molar-refractivity contribution in [2.45, 2.75) is 19.2 Å². The van der Waals surface area contributed by atoms with Crippen LogP contribution in [0.1, 0.15) is 18.6 Å². The molecule has 0 saturated carbocycles. The topological polar surface area (TPSA) is 72.8 Å². The summed E-state index contributed by atoms with van der Waals surface area (Å²) in [6, 6.07) is 5.11. The van der Waals surface area contributed by atoms with Crippen LogP contribution in [0.4, 0.5) is 23.7 Å². The van der Waals surface area contributed by atoms with Crippen molar-refractivity contribution in [1.29, 1.82) is 0 Å². The Bertz CT molecular complexity index is 461. The van der Waals surface area contributed by atoms with E-state index in [4.69, 9.17) is 5.11 Å². The molecular formula is C13H17F3N2O3. The Morgan fingerprint density at radius 1 is 1.33 bits per heavy atom. The average molecular weight is 306 g/mol. The first-order valence-electron chi connectivity index (χ1n) is 6.24. The molecule has 0 aromatic heterocycles. The molecule has 3 N–H and O–H groups in total. The number of benzene rings is 1. The third-order valence-corrected chi connectivity index (χ3v) is 2.67. The summed E-state index contributed by atoms with van der Waals surface area (Å²) in [6.45, 7) is -0.855. The molecule has 21 heavy (non-hydrogen) atoms. The van der Waals surface area contributed by atoms with E-state index in [0.29, 0.717) is 16.2 Å². The summed E-state index contributed by atoms with van der Waals surface area (Å²) in [5, 5.41) is 20.4. The highest BCUT2D eigenvalue weighted by atomic mass is 19.4. The molecule has 1 atom stereocenters. The Balaban J connectivity index is 2.72. The van der Waals surface area contributed by atoms with Crippen molar-refractivity contribution >= 4 is 11.7 Å². The molecule has 0 aliphatic heterocycles. The summed E-state index contributed by atoms with van der Waals surface area (Å²) in [4.78, 5) is 12.2. The van der Waals surface area contributed by atoms with E-state index in [2.05, 4.69) is 5.32 Å². The highest BCUT2D eigenvalue weighted by molar-refractivity contribution is 5.89. The highest BCUT2D eigenvalue weighted by Gasteiger charge is 2.32. The zero-order valence-electron chi connectivity index (χ0n) is 11.4. The number of anilines is 1. The predicted molar refractivity (Wildman–Crippen MR) is 70.8 cm³/mol. The predicted octanol–water partition coefficient (Wildman–Crippen LogP) is 2.13. The van der Waals surface area contributed by atoms with Crippen LogP contribution in [0.15, 0.2) is 24.3 Å². The molecule has 8 heteroatoms. The number of hydrogen-bond donors (Lipinski definition) is 3. The first-order valence-corrected chi connectivity index (χ1v) is 6.24. The van der Waals surface area contributed by atoms with Crippen molar-refractivity contribution in [1.82, 2.24) is 4.90 Å². The van der Waals surface area contributed by atoms with Crippen LogP contribution in [0, 0.1) is 0 Å². The molecule has 1 aromatic rings. The lowest BCUT2D eigenvalue weighted by Gasteiger charge is -2.23. The Labute approximate surface area is 120 Å². The number of alkyl halides is 3. The van der Waals surface area contributed by atoms with Crippen molar-refractivity contribution in [3.63, 3.8) is 0 Å². The summed E-state index contributed by atoms with van der Waals surface area (Å²) >= 11 is 0. The zero-order valence-corrected chi connectivity index (χ0v) is 11.4. The van der Waals surface area contributed by atoms with E-state index in [0.717, 1.165) is 0 Å². The van der Waals surface area contributed by atoms with Gasteiger partial charge in [0.05, 0.1) is 12.7 Å². The van der Waals surface area contributed by atoms with E-state index < -0.39 is 38.0 Å². The van der Waals surface area contributed by atoms with Crippen molar-refractivity contribution in [2.75, 3.05) is 25.0 Å². The van der Waals surface area contributed by atoms with Crippen LogP contribution in [0.2, 0.25) is 0 Å². The van der Waals surface area contributed by atoms with Crippen LogP contribution in [0.3, 0.4) is 0 Å². The smallest absolute Gasteiger partial charge is 0.395 e. The fraction of sp³-hybridized carbons (Fsp3) is 0.462. The van der Waals surface area contributed by atoms with Gasteiger partial charge in [0.1, 0.15) is 6.54 Å². The molecule has 0 radical (unpaired) electrons. The van der Waals surface area contributed by atoms with Gasteiger partial charge >= 0.3 is 12.2 Å². The lowest BCUT2D eigenvalue weighted by atomic mass is 10.1. The van der Waals surface area contributed by atoms with Gasteiger partial charge < -0.3 is 20.4 Å². The first-order chi connectivity index (χ1) is 9.73. The number of rotatable bonds is 5. The van der Waals surface area contributed by atoms with Gasteiger partial charge in [0, 0.05) is 12.2 Å². The largest absolute Gasteiger partial charge is 0.406 e. The third-order valence-electron chi connectivity index (χ3n) is 2.67. The minimum atomic E-state index is -4.54. The molecule has 118 valence electrons. The van der Waals surface area contributed by atoms with Crippen LogP contribution in [-0.4, -0.2) is 47.0 Å². The molecule has 1 unspecified atom stereocenters. The van der Waals surface area contributed by atoms with E-state index in [1.165, 1.54) is 12.1 Å². The number of aliphatic hydroxyl groups is 2. The maximum Gasteiger partial charge on any atom is 0.406 e. The number of aliphatic hydroxyl groups excluding tert-OH is 2. The highest BCUT2D eigenvalue weighted by Crippen LogP contribution is 2.18. The average Bonchev–Trinajstić information content (AvgIpc) is 2.37. The molecule has 0 heterocycles.